The summed E-state index contributed by atoms with van der Waals surface area (Å²) in [4.78, 5) is 15.1. The number of hydrogen-bond acceptors (Lipinski definition) is 6. The lowest BCUT2D eigenvalue weighted by molar-refractivity contribution is -0.0542. The number of rotatable bonds is 2. The summed E-state index contributed by atoms with van der Waals surface area (Å²) >= 11 is 0. The van der Waals surface area contributed by atoms with E-state index in [1.165, 1.54) is 6.07 Å². The van der Waals surface area contributed by atoms with Crippen LogP contribution in [0.5, 0.6) is 0 Å². The summed E-state index contributed by atoms with van der Waals surface area (Å²) in [7, 11) is 0. The third kappa shape index (κ3) is 1.98. The lowest BCUT2D eigenvalue weighted by Gasteiger charge is -2.23. The van der Waals surface area contributed by atoms with Gasteiger partial charge in [0.15, 0.2) is 6.23 Å². The molecule has 4 N–H and O–H groups in total. The van der Waals surface area contributed by atoms with Crippen molar-refractivity contribution >= 4 is 5.82 Å². The Bertz CT molecular complexity index is 584. The van der Waals surface area contributed by atoms with Crippen LogP contribution >= 0.6 is 0 Å². The van der Waals surface area contributed by atoms with E-state index in [0.29, 0.717) is 0 Å². The van der Waals surface area contributed by atoms with Crippen molar-refractivity contribution in [1.29, 1.82) is 0 Å². The highest BCUT2D eigenvalue weighted by molar-refractivity contribution is 5.25. The third-order valence-electron chi connectivity index (χ3n) is 2.95. The molecule has 19 heavy (non-hydrogen) atoms. The van der Waals surface area contributed by atoms with Crippen LogP contribution in [-0.4, -0.2) is 44.2 Å². The molecule has 7 nitrogen and oxygen atoms in total. The zero-order valence-corrected chi connectivity index (χ0v) is 9.73. The summed E-state index contributed by atoms with van der Waals surface area (Å²) in [5.41, 5.74) is 1.81. The van der Waals surface area contributed by atoms with Gasteiger partial charge in [0, 0.05) is 6.20 Å². The minimum atomic E-state index is -2.64. The Labute approximate surface area is 107 Å². The van der Waals surface area contributed by atoms with Gasteiger partial charge >= 0.3 is 5.69 Å². The van der Waals surface area contributed by atoms with Gasteiger partial charge in [0.05, 0.1) is 6.61 Å². The van der Waals surface area contributed by atoms with E-state index in [9.17, 15) is 14.3 Å². The fourth-order valence-electron chi connectivity index (χ4n) is 1.93. The van der Waals surface area contributed by atoms with E-state index in [2.05, 4.69) is 4.98 Å². The normalized spacial score (nSPS) is 34.1. The second kappa shape index (κ2) is 4.62. The first kappa shape index (κ1) is 13.5. The van der Waals surface area contributed by atoms with Gasteiger partial charge in [0.25, 0.3) is 0 Å². The molecule has 0 aromatic carbocycles. The van der Waals surface area contributed by atoms with Crippen molar-refractivity contribution in [2.24, 2.45) is 0 Å². The van der Waals surface area contributed by atoms with Crippen LogP contribution in [-0.2, 0) is 4.74 Å². The molecule has 2 heterocycles. The smallest absolute Gasteiger partial charge is 0.351 e. The lowest BCUT2D eigenvalue weighted by Crippen LogP contribution is -2.44. The number of nitrogens with two attached hydrogens (primary N) is 1. The van der Waals surface area contributed by atoms with Crippen LogP contribution in [0, 0.1) is 12.3 Å². The van der Waals surface area contributed by atoms with E-state index in [1.54, 1.807) is 5.92 Å². The third-order valence-corrected chi connectivity index (χ3v) is 2.95. The van der Waals surface area contributed by atoms with Gasteiger partial charge in [-0.2, -0.15) is 4.98 Å². The van der Waals surface area contributed by atoms with Gasteiger partial charge in [-0.15, -0.1) is 6.42 Å². The maximum absolute atomic E-state index is 14.6. The lowest BCUT2D eigenvalue weighted by atomic mass is 9.97. The number of aliphatic hydroxyl groups is 2. The van der Waals surface area contributed by atoms with E-state index >= 15 is 0 Å². The summed E-state index contributed by atoms with van der Waals surface area (Å²) in [6, 6.07) is 1.26. The van der Waals surface area contributed by atoms with Crippen LogP contribution in [0.4, 0.5) is 10.2 Å². The number of nitrogen functional groups attached to an aromatic ring is 1. The zero-order chi connectivity index (χ0) is 14.2. The van der Waals surface area contributed by atoms with Crippen LogP contribution in [0.25, 0.3) is 0 Å². The standard InChI is InChI=1S/C11H12FN3O4/c1-2-11(12)8(17)6(5-16)19-9(11)15-4-3-7(13)14-10(15)18/h1,3-4,6,8-9,16-17H,5H2,(H2,13,14,18)/t6-,8?,9+,11?/m1/s1. The average molecular weight is 269 g/mol. The van der Waals surface area contributed by atoms with Crippen molar-refractivity contribution in [2.75, 3.05) is 12.3 Å². The predicted octanol–water partition coefficient (Wildman–Crippen LogP) is -1.58. The molecule has 2 rings (SSSR count). The van der Waals surface area contributed by atoms with E-state index in [1.807, 2.05) is 0 Å². The molecule has 0 aliphatic carbocycles. The molecule has 1 aromatic heterocycles. The first-order valence-corrected chi connectivity index (χ1v) is 5.39. The topological polar surface area (TPSA) is 111 Å². The molecule has 0 spiro atoms. The number of hydrogen-bond donors (Lipinski definition) is 3. The Kier molecular flexibility index (Phi) is 3.28. The molecule has 0 radical (unpaired) electrons. The molecular formula is C11H12FN3O4. The molecule has 4 atom stereocenters. The summed E-state index contributed by atoms with van der Waals surface area (Å²) < 4.78 is 20.4. The monoisotopic (exact) mass is 269 g/mol. The number of halogens is 1. The number of terminal acetylenes is 1. The predicted molar refractivity (Wildman–Crippen MR) is 62.6 cm³/mol. The Morgan fingerprint density at radius 1 is 1.74 bits per heavy atom. The highest BCUT2D eigenvalue weighted by atomic mass is 19.1. The van der Waals surface area contributed by atoms with Crippen LogP contribution in [0.3, 0.4) is 0 Å². The van der Waals surface area contributed by atoms with Gasteiger partial charge in [-0.25, -0.2) is 9.18 Å². The summed E-state index contributed by atoms with van der Waals surface area (Å²) in [6.07, 6.45) is 1.68. The molecule has 1 fully saturated rings. The summed E-state index contributed by atoms with van der Waals surface area (Å²) in [5, 5.41) is 18.7. The number of nitrogens with zero attached hydrogens (tertiary/aromatic N) is 2. The fraction of sp³-hybridized carbons (Fsp3) is 0.455. The zero-order valence-electron chi connectivity index (χ0n) is 9.73. The summed E-state index contributed by atoms with van der Waals surface area (Å²) in [6.45, 7) is -0.637. The molecule has 1 saturated heterocycles. The molecule has 1 aliphatic heterocycles. The highest BCUT2D eigenvalue weighted by Crippen LogP contribution is 2.40. The largest absolute Gasteiger partial charge is 0.394 e. The maximum atomic E-state index is 14.6. The highest BCUT2D eigenvalue weighted by Gasteiger charge is 2.57. The van der Waals surface area contributed by atoms with Gasteiger partial charge in [-0.3, -0.25) is 4.57 Å². The fourth-order valence-corrected chi connectivity index (χ4v) is 1.93. The minimum absolute atomic E-state index is 0.0383. The van der Waals surface area contributed by atoms with Gasteiger partial charge in [-0.05, 0) is 6.07 Å². The number of alkyl halides is 1. The van der Waals surface area contributed by atoms with Gasteiger partial charge in [-0.1, -0.05) is 5.92 Å². The second-order valence-corrected chi connectivity index (χ2v) is 4.11. The molecular weight excluding hydrogens is 257 g/mol. The van der Waals surface area contributed by atoms with E-state index in [-0.39, 0.29) is 5.82 Å². The van der Waals surface area contributed by atoms with Gasteiger partial charge < -0.3 is 20.7 Å². The van der Waals surface area contributed by atoms with Crippen LogP contribution in [0.15, 0.2) is 17.1 Å². The Balaban J connectivity index is 2.49. The number of ether oxygens (including phenoxy) is 1. The van der Waals surface area contributed by atoms with Crippen molar-refractivity contribution in [3.63, 3.8) is 0 Å². The van der Waals surface area contributed by atoms with Gasteiger partial charge in [0.1, 0.15) is 18.0 Å². The maximum Gasteiger partial charge on any atom is 0.351 e. The van der Waals surface area contributed by atoms with Crippen molar-refractivity contribution in [3.8, 4) is 12.3 Å². The summed E-state index contributed by atoms with van der Waals surface area (Å²) in [5.74, 6) is 1.73. The minimum Gasteiger partial charge on any atom is -0.394 e. The number of aromatic nitrogens is 2. The van der Waals surface area contributed by atoms with Crippen molar-refractivity contribution < 1.29 is 19.3 Å². The van der Waals surface area contributed by atoms with E-state index in [0.717, 1.165) is 10.8 Å². The Morgan fingerprint density at radius 3 is 2.95 bits per heavy atom. The van der Waals surface area contributed by atoms with Crippen molar-refractivity contribution in [2.45, 2.75) is 24.1 Å². The Hall–Kier alpha value is -1.95. The van der Waals surface area contributed by atoms with Crippen molar-refractivity contribution in [1.82, 2.24) is 9.55 Å². The van der Waals surface area contributed by atoms with Gasteiger partial charge in [0.2, 0.25) is 5.67 Å². The molecule has 102 valence electrons. The molecule has 2 unspecified atom stereocenters. The SMILES string of the molecule is C#CC1(F)C(O)[C@@H](CO)O[C@@H]1n1ccc(N)nc1=O. The Morgan fingerprint density at radius 2 is 2.42 bits per heavy atom. The van der Waals surface area contributed by atoms with Crippen LogP contribution in [0.1, 0.15) is 6.23 Å². The quantitative estimate of drug-likeness (QED) is 0.559. The van der Waals surface area contributed by atoms with Crippen LogP contribution < -0.4 is 11.4 Å². The number of aliphatic hydroxyl groups excluding tert-OH is 2. The number of anilines is 1. The molecule has 8 heteroatoms. The van der Waals surface area contributed by atoms with Crippen molar-refractivity contribution in [3.05, 3.63) is 22.7 Å². The molecule has 0 amide bonds. The first-order chi connectivity index (χ1) is 8.93. The molecule has 1 aliphatic rings. The average Bonchev–Trinajstić information content (AvgIpc) is 2.63. The van der Waals surface area contributed by atoms with E-state index in [4.69, 9.17) is 22.0 Å². The second-order valence-electron chi connectivity index (χ2n) is 4.11. The molecule has 1 aromatic rings. The van der Waals surface area contributed by atoms with E-state index < -0.39 is 36.4 Å². The molecule has 0 bridgehead atoms. The van der Waals surface area contributed by atoms with Crippen LogP contribution in [0.2, 0.25) is 0 Å². The first-order valence-electron chi connectivity index (χ1n) is 5.39. The molecule has 0 saturated carbocycles.